The second-order valence-corrected chi connectivity index (χ2v) is 7.12. The van der Waals surface area contributed by atoms with Gasteiger partial charge in [-0.25, -0.2) is 0 Å². The number of carboxylic acid groups (broad SMARTS) is 2. The molecule has 0 aromatic heterocycles. The molecule has 1 aliphatic rings. The first-order valence-electron chi connectivity index (χ1n) is 9.39. The first-order chi connectivity index (χ1) is 14.3. The van der Waals surface area contributed by atoms with Gasteiger partial charge in [0.25, 0.3) is 5.91 Å². The van der Waals surface area contributed by atoms with E-state index >= 15 is 0 Å². The number of carbonyl (C=O) groups excluding carboxylic acids is 2. The van der Waals surface area contributed by atoms with Crippen LogP contribution in [0.3, 0.4) is 0 Å². The third kappa shape index (κ3) is 6.98. The van der Waals surface area contributed by atoms with Gasteiger partial charge in [-0.05, 0) is 35.0 Å². The molecule has 0 spiro atoms. The van der Waals surface area contributed by atoms with Crippen LogP contribution in [0.15, 0.2) is 36.4 Å². The van der Waals surface area contributed by atoms with Crippen molar-refractivity contribution in [3.8, 4) is 5.75 Å². The number of methoxy groups -OCH3 is 1. The molecule has 2 atom stereocenters. The van der Waals surface area contributed by atoms with Gasteiger partial charge < -0.3 is 37.5 Å². The quantitative estimate of drug-likeness (QED) is 0.297. The van der Waals surface area contributed by atoms with E-state index < -0.39 is 29.7 Å². The van der Waals surface area contributed by atoms with E-state index in [2.05, 4.69) is 5.32 Å². The van der Waals surface area contributed by atoms with Crippen molar-refractivity contribution in [2.75, 3.05) is 26.7 Å². The minimum atomic E-state index is -1.24. The number of ether oxygens (including phenoxy) is 1. The molecule has 0 bridgehead atoms. The number of carbonyl (C=O) groups is 4. The van der Waals surface area contributed by atoms with Crippen LogP contribution in [0.2, 0.25) is 0 Å². The molecule has 2 amide bonds. The predicted molar refractivity (Wildman–Crippen MR) is 116 cm³/mol. The predicted octanol–water partition coefficient (Wildman–Crippen LogP) is 1.53. The van der Waals surface area contributed by atoms with Crippen LogP contribution in [0.1, 0.15) is 16.8 Å². The zero-order valence-corrected chi connectivity index (χ0v) is 20.3. The second kappa shape index (κ2) is 12.9. The van der Waals surface area contributed by atoms with E-state index in [0.29, 0.717) is 5.56 Å². The summed E-state index contributed by atoms with van der Waals surface area (Å²) in [5, 5.41) is 22.8. The van der Waals surface area contributed by atoms with Gasteiger partial charge in [0.2, 0.25) is 5.91 Å². The summed E-state index contributed by atoms with van der Waals surface area (Å²) in [6, 6.07) is 10.7. The summed E-state index contributed by atoms with van der Waals surface area (Å²) in [6.45, 7) is -0.231. The van der Waals surface area contributed by atoms with Crippen molar-refractivity contribution in [3.63, 3.8) is 0 Å². The minimum Gasteiger partial charge on any atom is -0.497 e. The fraction of sp³-hybridized carbons (Fsp3) is 0.333. The molecule has 2 aromatic carbocycles. The Kier molecular flexibility index (Phi) is 11.7. The van der Waals surface area contributed by atoms with E-state index in [1.807, 2.05) is 12.1 Å². The Bertz CT molecular complexity index is 995. The molecular formula is C21H28N4O7Pt. The number of amides is 2. The van der Waals surface area contributed by atoms with Crippen molar-refractivity contribution in [1.82, 2.24) is 22.5 Å². The van der Waals surface area contributed by atoms with Crippen molar-refractivity contribution in [1.29, 1.82) is 0 Å². The van der Waals surface area contributed by atoms with Crippen LogP contribution in [0, 0.1) is 11.8 Å². The summed E-state index contributed by atoms with van der Waals surface area (Å²) in [6.07, 6.45) is -0.0464. The zero-order valence-electron chi connectivity index (χ0n) is 18.1. The molecule has 3 rings (SSSR count). The van der Waals surface area contributed by atoms with Crippen LogP contribution in [-0.2, 0) is 35.4 Å². The van der Waals surface area contributed by atoms with Gasteiger partial charge in [-0.15, -0.1) is 0 Å². The number of rotatable bonds is 7. The monoisotopic (exact) mass is 643 g/mol. The minimum absolute atomic E-state index is 0. The number of benzene rings is 2. The fourth-order valence-corrected chi connectivity index (χ4v) is 3.54. The first-order valence-corrected chi connectivity index (χ1v) is 9.39. The van der Waals surface area contributed by atoms with Crippen LogP contribution < -0.4 is 22.4 Å². The average molecular weight is 644 g/mol. The molecule has 0 radical (unpaired) electrons. The number of likely N-dealkylation sites (tertiary alicyclic amines) is 1. The van der Waals surface area contributed by atoms with E-state index in [0.717, 1.165) is 16.5 Å². The molecule has 0 unspecified atom stereocenters. The SMILES string of the molecule is COc1ccc2cc(C(=O)NCCC(=O)N3C[C@H](C(=O)O)[C@H](C(=O)O)C3)ccc2c1.N.N.[Pt]. The summed E-state index contributed by atoms with van der Waals surface area (Å²) < 4.78 is 5.18. The van der Waals surface area contributed by atoms with Crippen molar-refractivity contribution in [2.45, 2.75) is 6.42 Å². The van der Waals surface area contributed by atoms with E-state index in [1.54, 1.807) is 31.4 Å². The molecule has 33 heavy (non-hydrogen) atoms. The Morgan fingerprint density at radius 2 is 1.52 bits per heavy atom. The van der Waals surface area contributed by atoms with Gasteiger partial charge in [0.15, 0.2) is 0 Å². The maximum absolute atomic E-state index is 12.4. The Morgan fingerprint density at radius 3 is 2.06 bits per heavy atom. The smallest absolute Gasteiger partial charge is 0.309 e. The van der Waals surface area contributed by atoms with Crippen molar-refractivity contribution >= 4 is 34.5 Å². The number of aliphatic carboxylic acids is 2. The van der Waals surface area contributed by atoms with Gasteiger partial charge in [-0.2, -0.15) is 0 Å². The van der Waals surface area contributed by atoms with E-state index in [9.17, 15) is 19.2 Å². The molecule has 11 nitrogen and oxygen atoms in total. The van der Waals surface area contributed by atoms with Crippen LogP contribution >= 0.6 is 0 Å². The number of hydrogen-bond donors (Lipinski definition) is 5. The number of fused-ring (bicyclic) bond motifs is 1. The van der Waals surface area contributed by atoms with Gasteiger partial charge in [-0.1, -0.05) is 12.1 Å². The molecule has 9 N–H and O–H groups in total. The van der Waals surface area contributed by atoms with E-state index in [1.165, 1.54) is 4.90 Å². The second-order valence-electron chi connectivity index (χ2n) is 7.12. The number of nitrogens with zero attached hydrogens (tertiary/aromatic N) is 1. The molecule has 1 saturated heterocycles. The fourth-order valence-electron chi connectivity index (χ4n) is 3.54. The van der Waals surface area contributed by atoms with Gasteiger partial charge in [0.1, 0.15) is 5.75 Å². The average Bonchev–Trinajstić information content (AvgIpc) is 3.19. The van der Waals surface area contributed by atoms with Gasteiger partial charge in [0.05, 0.1) is 18.9 Å². The summed E-state index contributed by atoms with van der Waals surface area (Å²) >= 11 is 0. The summed E-state index contributed by atoms with van der Waals surface area (Å²) in [7, 11) is 1.58. The van der Waals surface area contributed by atoms with Crippen molar-refractivity contribution in [2.24, 2.45) is 11.8 Å². The summed E-state index contributed by atoms with van der Waals surface area (Å²) in [5.74, 6) is -4.74. The summed E-state index contributed by atoms with van der Waals surface area (Å²) in [4.78, 5) is 48.3. The third-order valence-electron chi connectivity index (χ3n) is 5.24. The van der Waals surface area contributed by atoms with E-state index in [4.69, 9.17) is 14.9 Å². The topological polar surface area (TPSA) is 203 Å². The zero-order chi connectivity index (χ0) is 21.8. The molecule has 2 aromatic rings. The standard InChI is InChI=1S/C21H22N2O7.2H3N.Pt/c1-30-15-5-4-12-8-14(3-2-13(12)9-15)19(25)22-7-6-18(24)23-10-16(20(26)27)17(11-23)21(28)29;;;/h2-5,8-9,16-17H,6-7,10-11H2,1H3,(H,22,25)(H,26,27)(H,28,29);2*1H3;/t16-,17+;;;. The molecule has 184 valence electrons. The van der Waals surface area contributed by atoms with E-state index in [-0.39, 0.29) is 65.3 Å². The number of hydrogen-bond acceptors (Lipinski definition) is 7. The molecule has 1 fully saturated rings. The third-order valence-corrected chi connectivity index (χ3v) is 5.24. The molecular weight excluding hydrogens is 615 g/mol. The van der Waals surface area contributed by atoms with Crippen LogP contribution in [0.5, 0.6) is 5.75 Å². The number of nitrogens with one attached hydrogen (secondary N) is 1. The van der Waals surface area contributed by atoms with Gasteiger partial charge in [0, 0.05) is 52.7 Å². The Labute approximate surface area is 204 Å². The summed E-state index contributed by atoms with van der Waals surface area (Å²) in [5.41, 5.74) is 0.443. The van der Waals surface area contributed by atoms with Crippen molar-refractivity contribution < 1.29 is 55.2 Å². The van der Waals surface area contributed by atoms with Gasteiger partial charge >= 0.3 is 11.9 Å². The van der Waals surface area contributed by atoms with Crippen LogP contribution in [0.4, 0.5) is 0 Å². The van der Waals surface area contributed by atoms with Crippen molar-refractivity contribution in [3.05, 3.63) is 42.0 Å². The normalized spacial score (nSPS) is 16.6. The largest absolute Gasteiger partial charge is 0.497 e. The number of carboxylic acids is 2. The molecule has 12 heteroatoms. The molecule has 1 heterocycles. The Hall–Kier alpha value is -3.01. The maximum Gasteiger partial charge on any atom is 0.309 e. The molecule has 0 aliphatic carbocycles. The van der Waals surface area contributed by atoms with Crippen LogP contribution in [0.25, 0.3) is 10.8 Å². The molecule has 0 saturated carbocycles. The van der Waals surface area contributed by atoms with Gasteiger partial charge in [-0.3, -0.25) is 19.2 Å². The Balaban J connectivity index is 0.00000341. The maximum atomic E-state index is 12.4. The van der Waals surface area contributed by atoms with Crippen LogP contribution in [-0.4, -0.2) is 65.6 Å². The molecule has 1 aliphatic heterocycles. The Morgan fingerprint density at radius 1 is 0.970 bits per heavy atom. The first kappa shape index (κ1) is 30.0.